The number of rotatable bonds is 18. The summed E-state index contributed by atoms with van der Waals surface area (Å²) in [5.74, 6) is 0.0655. The molecule has 8 aliphatic rings. The molecule has 0 saturated heterocycles. The van der Waals surface area contributed by atoms with E-state index in [1.54, 1.807) is 0 Å². The minimum atomic E-state index is -4.17. The third-order valence-electron chi connectivity index (χ3n) is 22.7. The van der Waals surface area contributed by atoms with E-state index in [-0.39, 0.29) is 119 Å². The van der Waals surface area contributed by atoms with Crippen molar-refractivity contribution in [2.24, 2.45) is 92.7 Å². The zero-order chi connectivity index (χ0) is 53.1. The lowest BCUT2D eigenvalue weighted by molar-refractivity contribution is -0.202. The molecule has 0 aromatic carbocycles. The van der Waals surface area contributed by atoms with Crippen LogP contribution in [0.15, 0.2) is 0 Å². The van der Waals surface area contributed by atoms with E-state index in [9.17, 15) is 46.2 Å². The van der Waals surface area contributed by atoms with Crippen LogP contribution in [-0.4, -0.2) is 109 Å². The number of ether oxygens (including phenoxy) is 2. The lowest BCUT2D eigenvalue weighted by Crippen LogP contribution is -2.59. The highest BCUT2D eigenvalue weighted by Gasteiger charge is 2.66. The van der Waals surface area contributed by atoms with Crippen molar-refractivity contribution in [3.8, 4) is 0 Å². The molecule has 0 aromatic rings. The van der Waals surface area contributed by atoms with E-state index in [1.807, 2.05) is 0 Å². The second-order valence-electron chi connectivity index (χ2n) is 26.3. The number of hydrogen-bond acceptors (Lipinski definition) is 12. The quantitative estimate of drug-likeness (QED) is 0.0447. The van der Waals surface area contributed by atoms with Crippen LogP contribution in [0.1, 0.15) is 176 Å². The van der Waals surface area contributed by atoms with Gasteiger partial charge in [-0.15, -0.1) is 0 Å². The molecule has 8 fully saturated rings. The molecular formula is C55H90N2O14S2. The Morgan fingerprint density at radius 2 is 0.890 bits per heavy atom. The van der Waals surface area contributed by atoms with Gasteiger partial charge in [-0.25, -0.2) is 0 Å². The number of carbonyl (C=O) groups is 4. The lowest BCUT2D eigenvalue weighted by atomic mass is 9.43. The number of nitrogens with one attached hydrogen (secondary N) is 2. The number of aliphatic hydroxyl groups excluding tert-OH is 2. The summed E-state index contributed by atoms with van der Waals surface area (Å²) in [6.45, 7) is 13.7. The van der Waals surface area contributed by atoms with Crippen LogP contribution in [0, 0.1) is 92.7 Å². The van der Waals surface area contributed by atoms with Crippen molar-refractivity contribution in [3.63, 3.8) is 0 Å². The van der Waals surface area contributed by atoms with Gasteiger partial charge >= 0.3 is 11.9 Å². The fourth-order valence-corrected chi connectivity index (χ4v) is 19.7. The Labute approximate surface area is 435 Å². The van der Waals surface area contributed by atoms with Gasteiger partial charge in [0.05, 0.1) is 23.7 Å². The largest absolute Gasteiger partial charge is 0.462 e. The molecule has 0 aromatic heterocycles. The molecule has 16 nitrogen and oxygen atoms in total. The number of amides is 2. The van der Waals surface area contributed by atoms with Gasteiger partial charge in [0.1, 0.15) is 18.6 Å². The molecule has 6 N–H and O–H groups in total. The van der Waals surface area contributed by atoms with E-state index in [0.29, 0.717) is 50.4 Å². The average molecular weight is 1070 g/mol. The van der Waals surface area contributed by atoms with Crippen molar-refractivity contribution in [1.29, 1.82) is 0 Å². The van der Waals surface area contributed by atoms with Crippen molar-refractivity contribution in [1.82, 2.24) is 10.6 Å². The highest BCUT2D eigenvalue weighted by atomic mass is 32.2. The third-order valence-corrected chi connectivity index (χ3v) is 24.1. The van der Waals surface area contributed by atoms with E-state index >= 15 is 0 Å². The van der Waals surface area contributed by atoms with Crippen molar-refractivity contribution in [2.45, 2.75) is 201 Å². The van der Waals surface area contributed by atoms with Gasteiger partial charge in [0.2, 0.25) is 11.8 Å². The van der Waals surface area contributed by atoms with Gasteiger partial charge in [-0.05, 0) is 196 Å². The lowest BCUT2D eigenvalue weighted by Gasteiger charge is -2.63. The van der Waals surface area contributed by atoms with Crippen LogP contribution in [0.5, 0.6) is 0 Å². The molecule has 2 unspecified atom stereocenters. The maximum absolute atomic E-state index is 14.4. The van der Waals surface area contributed by atoms with Crippen molar-refractivity contribution < 1.29 is 64.8 Å². The second kappa shape index (κ2) is 21.8. The molecule has 8 rings (SSSR count). The SMILES string of the molecule is C[C@@H](CCC(=O)NCCS(=O)(=O)O)[C@H]1CC[C@H]2[C@@H]3[C@@H](OC(=O)CC(=O)O[C@H]4CC5C[C@H](O)CC[C@]5(C)[C@H]5CC[C@]6(C)[C@@H]([C@@H](C)CCC(=O)NCCS(=O)(=O)O)CC[C@H]6[C@H]45)CC4C[C@H](O)CC[C@]4(C)[C@H]3CC[C@]12C. The summed E-state index contributed by atoms with van der Waals surface area (Å²) >= 11 is 0. The molecule has 8 saturated carbocycles. The van der Waals surface area contributed by atoms with E-state index in [4.69, 9.17) is 18.6 Å². The van der Waals surface area contributed by atoms with E-state index in [0.717, 1.165) is 77.0 Å². The summed E-state index contributed by atoms with van der Waals surface area (Å²) in [6, 6.07) is 0. The Balaban J connectivity index is 0.952. The van der Waals surface area contributed by atoms with Gasteiger partial charge in [-0.2, -0.15) is 16.8 Å². The summed E-state index contributed by atoms with van der Waals surface area (Å²) < 4.78 is 76.1. The van der Waals surface area contributed by atoms with Crippen molar-refractivity contribution in [3.05, 3.63) is 0 Å². The molecule has 0 heterocycles. The van der Waals surface area contributed by atoms with E-state index in [1.165, 1.54) is 0 Å². The number of esters is 2. The van der Waals surface area contributed by atoms with Crippen LogP contribution >= 0.6 is 0 Å². The zero-order valence-corrected chi connectivity index (χ0v) is 46.2. The molecule has 0 spiro atoms. The summed E-state index contributed by atoms with van der Waals surface area (Å²) in [7, 11) is -8.34. The minimum Gasteiger partial charge on any atom is -0.462 e. The summed E-state index contributed by atoms with van der Waals surface area (Å²) in [4.78, 5) is 54.2. The molecule has 73 heavy (non-hydrogen) atoms. The van der Waals surface area contributed by atoms with Gasteiger partial charge in [-0.1, -0.05) is 41.5 Å². The number of aliphatic hydroxyl groups is 2. The standard InChI is InChI=1S/C55H90N2O14S2/c1-32(7-13-46(60)56-23-25-72(64,65)66)38-9-11-40-50-42(17-21-54(38,40)5)52(3)19-15-36(58)27-34(52)29-44(50)70-48(62)31-49(63)71-45-30-35-28-37(59)16-20-53(35,4)43-18-22-55(6)39(10-12-41(55)51(43)45)33(2)8-14-47(61)57-24-26-73(67,68)69/h32-45,50-51,58-59H,7-31H2,1-6H3,(H,56,60)(H,57,61)(H,64,65,66)(H,67,68,69)/t32-,33-,34?,35?,36+,37+,38+,39+,40-,41-,42-,43-,44-,45-,50-,51-,52-,53-,54+,55+/m0/s1. The fourth-order valence-electron chi connectivity index (χ4n) is 19.0. The predicted molar refractivity (Wildman–Crippen MR) is 273 cm³/mol. The first-order valence-corrected chi connectivity index (χ1v) is 31.6. The van der Waals surface area contributed by atoms with Gasteiger partial charge in [-0.3, -0.25) is 28.3 Å². The molecular weight excluding hydrogens is 977 g/mol. The highest BCUT2D eigenvalue weighted by molar-refractivity contribution is 7.86. The summed E-state index contributed by atoms with van der Waals surface area (Å²) in [5.41, 5.74) is -0.140. The Hall–Kier alpha value is -2.38. The first kappa shape index (κ1) is 56.8. The Morgan fingerprint density at radius 3 is 1.26 bits per heavy atom. The van der Waals surface area contributed by atoms with Gasteiger partial charge in [0.25, 0.3) is 20.2 Å². The maximum atomic E-state index is 14.4. The van der Waals surface area contributed by atoms with Crippen LogP contribution in [0.3, 0.4) is 0 Å². The minimum absolute atomic E-state index is 0.0102. The van der Waals surface area contributed by atoms with Crippen LogP contribution < -0.4 is 10.6 Å². The summed E-state index contributed by atoms with van der Waals surface area (Å²) in [5, 5.41) is 27.2. The van der Waals surface area contributed by atoms with Crippen LogP contribution in [-0.2, 0) is 48.9 Å². The monoisotopic (exact) mass is 1070 g/mol. The van der Waals surface area contributed by atoms with Gasteiger partial charge < -0.3 is 30.3 Å². The van der Waals surface area contributed by atoms with Crippen LogP contribution in [0.25, 0.3) is 0 Å². The number of fused-ring (bicyclic) bond motifs is 10. The smallest absolute Gasteiger partial charge is 0.317 e. The first-order chi connectivity index (χ1) is 34.1. The van der Waals surface area contributed by atoms with E-state index in [2.05, 4.69) is 52.2 Å². The molecule has 0 radical (unpaired) electrons. The van der Waals surface area contributed by atoms with Crippen molar-refractivity contribution >= 4 is 44.0 Å². The molecule has 2 amide bonds. The molecule has 18 heteroatoms. The topological polar surface area (TPSA) is 260 Å². The van der Waals surface area contributed by atoms with Gasteiger partial charge in [0.15, 0.2) is 0 Å². The number of hydrogen-bond donors (Lipinski definition) is 6. The highest BCUT2D eigenvalue weighted by Crippen LogP contribution is 2.71. The third kappa shape index (κ3) is 11.9. The first-order valence-electron chi connectivity index (χ1n) is 28.3. The molecule has 0 bridgehead atoms. The van der Waals surface area contributed by atoms with Crippen molar-refractivity contribution in [2.75, 3.05) is 24.6 Å². The van der Waals surface area contributed by atoms with Gasteiger partial charge in [0, 0.05) is 37.8 Å². The molecule has 8 aliphatic carbocycles. The molecule has 0 aliphatic heterocycles. The molecule has 20 atom stereocenters. The van der Waals surface area contributed by atoms with E-state index < -0.39 is 74.5 Å². The fraction of sp³-hybridized carbons (Fsp3) is 0.927. The number of carbonyl (C=O) groups excluding carboxylic acids is 4. The Kier molecular flexibility index (Phi) is 17.0. The average Bonchev–Trinajstić information content (AvgIpc) is 3.84. The zero-order valence-electron chi connectivity index (χ0n) is 44.6. The maximum Gasteiger partial charge on any atom is 0.317 e. The second-order valence-corrected chi connectivity index (χ2v) is 29.5. The normalized spacial score (nSPS) is 42.8. The molecule has 416 valence electrons. The Bertz CT molecular complexity index is 2110. The Morgan fingerprint density at radius 1 is 0.534 bits per heavy atom. The summed E-state index contributed by atoms with van der Waals surface area (Å²) in [6.07, 6.45) is 13.6. The van der Waals surface area contributed by atoms with Crippen LogP contribution in [0.2, 0.25) is 0 Å². The van der Waals surface area contributed by atoms with Crippen LogP contribution in [0.4, 0.5) is 0 Å². The predicted octanol–water partition coefficient (Wildman–Crippen LogP) is 7.30.